The Hall–Kier alpha value is -2.57. The second-order valence-corrected chi connectivity index (χ2v) is 12.5. The number of hydrogen-bond acceptors (Lipinski definition) is 5. The van der Waals surface area contributed by atoms with Crippen LogP contribution in [0.2, 0.25) is 0 Å². The molecule has 0 spiro atoms. The Labute approximate surface area is 236 Å². The molecule has 0 aromatic heterocycles. The summed E-state index contributed by atoms with van der Waals surface area (Å²) in [5.41, 5.74) is -0.872. The fourth-order valence-corrected chi connectivity index (χ4v) is 6.24. The minimum absolute atomic E-state index is 0.0136. The number of likely N-dealkylation sites (tertiary alicyclic amines) is 1. The Bertz CT molecular complexity index is 1060. The molecule has 2 heterocycles. The van der Waals surface area contributed by atoms with Crippen molar-refractivity contribution < 1.29 is 37.1 Å². The van der Waals surface area contributed by atoms with E-state index in [9.17, 15) is 37.1 Å². The third-order valence-electron chi connectivity index (χ3n) is 9.07. The zero-order valence-electron chi connectivity index (χ0n) is 22.9. The van der Waals surface area contributed by atoms with Crippen LogP contribution in [0.5, 0.6) is 0 Å². The highest BCUT2D eigenvalue weighted by atomic mass is 35.5. The largest absolute Gasteiger partial charge is 0.356 e. The van der Waals surface area contributed by atoms with Gasteiger partial charge in [0.1, 0.15) is 18.0 Å². The van der Waals surface area contributed by atoms with Crippen molar-refractivity contribution >= 4 is 41.1 Å². The van der Waals surface area contributed by atoms with E-state index in [1.54, 1.807) is 13.8 Å². The van der Waals surface area contributed by atoms with Crippen LogP contribution in [0, 0.1) is 29.1 Å². The fourth-order valence-electron chi connectivity index (χ4n) is 6.12. The molecule has 7 atom stereocenters. The van der Waals surface area contributed by atoms with Crippen LogP contribution >= 0.6 is 11.6 Å². The van der Waals surface area contributed by atoms with Crippen LogP contribution in [0.25, 0.3) is 0 Å². The van der Waals surface area contributed by atoms with Gasteiger partial charge in [-0.1, -0.05) is 38.8 Å². The SMILES string of the molecule is CCC(C)(C)C(NC(=O)[C@@H]1CC1(F)F)C(=O)N1C[C@@H]2CCC[C@@H]2[C@H]1C(=O)NN(C[C@@H]1CCNC1=O)C(=O)C(F)Cl. The van der Waals surface area contributed by atoms with E-state index in [4.69, 9.17) is 11.6 Å². The third-order valence-corrected chi connectivity index (χ3v) is 9.26. The highest BCUT2D eigenvalue weighted by Crippen LogP contribution is 2.49. The van der Waals surface area contributed by atoms with E-state index in [1.807, 2.05) is 6.92 Å². The highest BCUT2D eigenvalue weighted by Gasteiger charge is 2.62. The number of amides is 5. The lowest BCUT2D eigenvalue weighted by atomic mass is 9.80. The molecule has 5 amide bonds. The smallest absolute Gasteiger partial charge is 0.291 e. The first kappa shape index (κ1) is 30.4. The van der Waals surface area contributed by atoms with Crippen LogP contribution in [0.4, 0.5) is 13.2 Å². The fraction of sp³-hybridized carbons (Fsp3) is 0.808. The molecule has 2 aliphatic heterocycles. The van der Waals surface area contributed by atoms with E-state index in [0.29, 0.717) is 30.8 Å². The second kappa shape index (κ2) is 11.4. The zero-order chi connectivity index (χ0) is 29.6. The van der Waals surface area contributed by atoms with Gasteiger partial charge in [0.05, 0.1) is 12.5 Å². The summed E-state index contributed by atoms with van der Waals surface area (Å²) < 4.78 is 41.1. The van der Waals surface area contributed by atoms with Crippen molar-refractivity contribution in [3.63, 3.8) is 0 Å². The lowest BCUT2D eigenvalue weighted by Crippen LogP contribution is -2.61. The normalized spacial score (nSPS) is 30.2. The standard InChI is InChI=1S/C26H37ClF3N5O5/c1-4-25(2,3)18(32-21(37)16-10-26(16,29)30)23(39)34-11-13-6-5-7-15(13)17(34)22(38)33-35(24(40)19(27)28)12-14-8-9-31-20(14)36/h13-19H,4-12H2,1-3H3,(H,31,36)(H,32,37)(H,33,38)/t13-,14-,15-,16-,17-,18?,19?/m0/s1. The predicted octanol–water partition coefficient (Wildman–Crippen LogP) is 1.72. The molecule has 4 aliphatic rings. The summed E-state index contributed by atoms with van der Waals surface area (Å²) in [6.07, 6.45) is 2.46. The Kier molecular flexibility index (Phi) is 8.64. The van der Waals surface area contributed by atoms with Gasteiger partial charge in [0.2, 0.25) is 17.7 Å². The number of alkyl halides is 4. The van der Waals surface area contributed by atoms with Crippen molar-refractivity contribution in [1.29, 1.82) is 0 Å². The highest BCUT2D eigenvalue weighted by molar-refractivity contribution is 6.29. The van der Waals surface area contributed by atoms with Crippen molar-refractivity contribution in [3.8, 4) is 0 Å². The maximum Gasteiger partial charge on any atom is 0.291 e. The first-order valence-corrected chi connectivity index (χ1v) is 14.3. The Balaban J connectivity index is 1.57. The number of carbonyl (C=O) groups is 5. The summed E-state index contributed by atoms with van der Waals surface area (Å²) in [6.45, 7) is 5.58. The summed E-state index contributed by atoms with van der Waals surface area (Å²) in [6, 6.07) is -2.22. The molecule has 4 fully saturated rings. The number of nitrogens with zero attached hydrogens (tertiary/aromatic N) is 2. The molecule has 10 nitrogen and oxygen atoms in total. The number of fused-ring (bicyclic) bond motifs is 1. The van der Waals surface area contributed by atoms with Gasteiger partial charge in [-0.25, -0.2) is 18.2 Å². The molecule has 4 rings (SSSR count). The maximum absolute atomic E-state index is 14.0. The second-order valence-electron chi connectivity index (χ2n) is 12.1. The lowest BCUT2D eigenvalue weighted by molar-refractivity contribution is -0.151. The molecular formula is C26H37ClF3N5O5. The van der Waals surface area contributed by atoms with E-state index in [-0.39, 0.29) is 30.8 Å². The molecule has 3 N–H and O–H groups in total. The van der Waals surface area contributed by atoms with Crippen molar-refractivity contribution in [2.24, 2.45) is 29.1 Å². The number of hydrogen-bond donors (Lipinski definition) is 3. The number of carbonyl (C=O) groups excluding carboxylic acids is 5. The monoisotopic (exact) mass is 591 g/mol. The molecule has 2 unspecified atom stereocenters. The van der Waals surface area contributed by atoms with Crippen LogP contribution in [0.15, 0.2) is 0 Å². The topological polar surface area (TPSA) is 128 Å². The van der Waals surface area contributed by atoms with Gasteiger partial charge in [0, 0.05) is 19.5 Å². The third kappa shape index (κ3) is 6.03. The quantitative estimate of drug-likeness (QED) is 0.278. The molecule has 40 heavy (non-hydrogen) atoms. The molecule has 2 aliphatic carbocycles. The molecule has 0 aromatic rings. The van der Waals surface area contributed by atoms with E-state index in [2.05, 4.69) is 16.1 Å². The molecule has 2 saturated carbocycles. The van der Waals surface area contributed by atoms with Crippen LogP contribution in [-0.4, -0.2) is 82.7 Å². The van der Waals surface area contributed by atoms with Gasteiger partial charge in [-0.3, -0.25) is 29.4 Å². The predicted molar refractivity (Wildman–Crippen MR) is 137 cm³/mol. The molecule has 0 bridgehead atoms. The Morgan fingerprint density at radius 1 is 1.20 bits per heavy atom. The van der Waals surface area contributed by atoms with Gasteiger partial charge in [0.15, 0.2) is 0 Å². The van der Waals surface area contributed by atoms with E-state index in [1.165, 1.54) is 4.90 Å². The van der Waals surface area contributed by atoms with Crippen LogP contribution in [0.3, 0.4) is 0 Å². The summed E-state index contributed by atoms with van der Waals surface area (Å²) in [7, 11) is 0. The number of hydrazine groups is 1. The maximum atomic E-state index is 14.0. The average Bonchev–Trinajstić information content (AvgIpc) is 3.27. The molecule has 0 radical (unpaired) electrons. The van der Waals surface area contributed by atoms with Crippen LogP contribution < -0.4 is 16.1 Å². The molecular weight excluding hydrogens is 555 g/mol. The minimum atomic E-state index is -3.11. The van der Waals surface area contributed by atoms with Gasteiger partial charge in [-0.05, 0) is 42.9 Å². The van der Waals surface area contributed by atoms with E-state index < -0.39 is 70.9 Å². The summed E-state index contributed by atoms with van der Waals surface area (Å²) >= 11 is 5.40. The number of halogens is 4. The van der Waals surface area contributed by atoms with Gasteiger partial charge in [-0.15, -0.1) is 0 Å². The molecule has 224 valence electrons. The summed E-state index contributed by atoms with van der Waals surface area (Å²) in [5.74, 6) is -9.34. The summed E-state index contributed by atoms with van der Waals surface area (Å²) in [5, 5.41) is 5.85. The van der Waals surface area contributed by atoms with E-state index in [0.717, 1.165) is 12.8 Å². The van der Waals surface area contributed by atoms with Crippen molar-refractivity contribution in [2.75, 3.05) is 19.6 Å². The first-order valence-electron chi connectivity index (χ1n) is 13.8. The van der Waals surface area contributed by atoms with Crippen molar-refractivity contribution in [2.45, 2.75) is 82.9 Å². The number of rotatable bonds is 9. The van der Waals surface area contributed by atoms with Gasteiger partial charge >= 0.3 is 0 Å². The van der Waals surface area contributed by atoms with Crippen molar-refractivity contribution in [1.82, 2.24) is 26.0 Å². The molecule has 0 aromatic carbocycles. The summed E-state index contributed by atoms with van der Waals surface area (Å²) in [4.78, 5) is 66.3. The Morgan fingerprint density at radius 2 is 1.88 bits per heavy atom. The lowest BCUT2D eigenvalue weighted by Gasteiger charge is -2.38. The first-order chi connectivity index (χ1) is 18.7. The average molecular weight is 592 g/mol. The minimum Gasteiger partial charge on any atom is -0.356 e. The van der Waals surface area contributed by atoms with Crippen molar-refractivity contribution in [3.05, 3.63) is 0 Å². The molecule has 14 heteroatoms. The van der Waals surface area contributed by atoms with Gasteiger partial charge < -0.3 is 15.5 Å². The van der Waals surface area contributed by atoms with Gasteiger partial charge in [-0.2, -0.15) is 0 Å². The Morgan fingerprint density at radius 3 is 2.42 bits per heavy atom. The molecule has 2 saturated heterocycles. The number of nitrogens with one attached hydrogen (secondary N) is 3. The van der Waals surface area contributed by atoms with Crippen LogP contribution in [0.1, 0.15) is 59.3 Å². The zero-order valence-corrected chi connectivity index (χ0v) is 23.6. The van der Waals surface area contributed by atoms with Gasteiger partial charge in [0.25, 0.3) is 23.4 Å². The van der Waals surface area contributed by atoms with E-state index >= 15 is 0 Å². The van der Waals surface area contributed by atoms with Crippen LogP contribution in [-0.2, 0) is 24.0 Å².